The second kappa shape index (κ2) is 6.49. The first kappa shape index (κ1) is 15.4. The summed E-state index contributed by atoms with van der Waals surface area (Å²) in [5.41, 5.74) is 0. The van der Waals surface area contributed by atoms with Gasteiger partial charge in [0, 0.05) is 26.2 Å². The third kappa shape index (κ3) is 3.66. The molecule has 18 heavy (non-hydrogen) atoms. The van der Waals surface area contributed by atoms with E-state index in [0.29, 0.717) is 19.7 Å². The Morgan fingerprint density at radius 3 is 2.72 bits per heavy atom. The highest BCUT2D eigenvalue weighted by Crippen LogP contribution is 2.19. The fourth-order valence-electron chi connectivity index (χ4n) is 1.99. The first-order valence-corrected chi connectivity index (χ1v) is 7.82. The maximum absolute atomic E-state index is 12.0. The van der Waals surface area contributed by atoms with Crippen LogP contribution in [0.15, 0.2) is 0 Å². The zero-order chi connectivity index (χ0) is 13.8. The smallest absolute Gasteiger partial charge is 0.236 e. The summed E-state index contributed by atoms with van der Waals surface area (Å²) in [6.45, 7) is 5.12. The van der Waals surface area contributed by atoms with E-state index in [-0.39, 0.29) is 24.2 Å². The SMILES string of the molecule is COCCNCC(=O)N1CCS(=O)(=O)C(C)C1C. The number of carbonyl (C=O) groups excluding carboxylic acids is 1. The van der Waals surface area contributed by atoms with Crippen LogP contribution < -0.4 is 5.32 Å². The molecule has 1 fully saturated rings. The number of hydrogen-bond donors (Lipinski definition) is 1. The summed E-state index contributed by atoms with van der Waals surface area (Å²) in [6.07, 6.45) is 0. The van der Waals surface area contributed by atoms with Crippen molar-refractivity contribution < 1.29 is 17.9 Å². The van der Waals surface area contributed by atoms with Crippen LogP contribution in [0.25, 0.3) is 0 Å². The van der Waals surface area contributed by atoms with Crippen LogP contribution in [0.5, 0.6) is 0 Å². The number of amides is 1. The summed E-state index contributed by atoms with van der Waals surface area (Å²) < 4.78 is 28.2. The zero-order valence-electron chi connectivity index (χ0n) is 11.2. The molecular weight excluding hydrogens is 256 g/mol. The molecule has 0 aromatic heterocycles. The van der Waals surface area contributed by atoms with Crippen molar-refractivity contribution in [1.29, 1.82) is 0 Å². The molecule has 0 radical (unpaired) electrons. The average Bonchev–Trinajstić information content (AvgIpc) is 2.32. The highest BCUT2D eigenvalue weighted by Gasteiger charge is 2.37. The number of nitrogens with zero attached hydrogens (tertiary/aromatic N) is 1. The van der Waals surface area contributed by atoms with Crippen LogP contribution in [0.3, 0.4) is 0 Å². The molecule has 2 unspecified atom stereocenters. The maximum Gasteiger partial charge on any atom is 0.236 e. The summed E-state index contributed by atoms with van der Waals surface area (Å²) in [5.74, 6) is 0.00263. The molecule has 1 N–H and O–H groups in total. The van der Waals surface area contributed by atoms with E-state index in [4.69, 9.17) is 4.74 Å². The lowest BCUT2D eigenvalue weighted by Gasteiger charge is -2.37. The molecule has 1 aliphatic rings. The van der Waals surface area contributed by atoms with Crippen molar-refractivity contribution in [2.75, 3.05) is 39.1 Å². The molecule has 1 heterocycles. The van der Waals surface area contributed by atoms with Gasteiger partial charge in [-0.15, -0.1) is 0 Å². The lowest BCUT2D eigenvalue weighted by molar-refractivity contribution is -0.132. The fraction of sp³-hybridized carbons (Fsp3) is 0.909. The van der Waals surface area contributed by atoms with Gasteiger partial charge in [-0.3, -0.25) is 4.79 Å². The van der Waals surface area contributed by atoms with E-state index in [0.717, 1.165) is 0 Å². The van der Waals surface area contributed by atoms with Gasteiger partial charge in [-0.05, 0) is 13.8 Å². The minimum Gasteiger partial charge on any atom is -0.383 e. The first-order valence-electron chi connectivity index (χ1n) is 6.11. The summed E-state index contributed by atoms with van der Waals surface area (Å²) in [4.78, 5) is 13.6. The quantitative estimate of drug-likeness (QED) is 0.670. The van der Waals surface area contributed by atoms with E-state index in [9.17, 15) is 13.2 Å². The van der Waals surface area contributed by atoms with Gasteiger partial charge in [0.15, 0.2) is 9.84 Å². The Bertz CT molecular complexity index is 383. The van der Waals surface area contributed by atoms with E-state index >= 15 is 0 Å². The number of hydrogen-bond acceptors (Lipinski definition) is 5. The molecule has 0 aromatic rings. The van der Waals surface area contributed by atoms with Gasteiger partial charge < -0.3 is 15.0 Å². The molecule has 7 heteroatoms. The standard InChI is InChI=1S/C11H22N2O4S/c1-9-10(2)18(15,16)7-5-13(9)11(14)8-12-4-6-17-3/h9-10,12H,4-8H2,1-3H3. The van der Waals surface area contributed by atoms with Crippen molar-refractivity contribution in [2.45, 2.75) is 25.1 Å². The van der Waals surface area contributed by atoms with Crippen molar-refractivity contribution in [1.82, 2.24) is 10.2 Å². The first-order chi connectivity index (χ1) is 8.40. The fourth-order valence-corrected chi connectivity index (χ4v) is 3.56. The molecule has 2 atom stereocenters. The predicted octanol–water partition coefficient (Wildman–Crippen LogP) is -0.744. The number of rotatable bonds is 5. The molecule has 1 rings (SSSR count). The van der Waals surface area contributed by atoms with E-state index in [1.165, 1.54) is 0 Å². The Hall–Kier alpha value is -0.660. The Labute approximate surface area is 109 Å². The Balaban J connectivity index is 2.49. The normalized spacial score (nSPS) is 27.2. The lowest BCUT2D eigenvalue weighted by atomic mass is 10.2. The molecule has 0 aromatic carbocycles. The van der Waals surface area contributed by atoms with Crippen molar-refractivity contribution >= 4 is 15.7 Å². The molecule has 0 bridgehead atoms. The number of methoxy groups -OCH3 is 1. The maximum atomic E-state index is 12.0. The third-order valence-corrected chi connectivity index (χ3v) is 5.71. The molecule has 106 valence electrons. The highest BCUT2D eigenvalue weighted by molar-refractivity contribution is 7.92. The van der Waals surface area contributed by atoms with Crippen molar-refractivity contribution in [2.24, 2.45) is 0 Å². The van der Waals surface area contributed by atoms with Crippen LogP contribution in [0.4, 0.5) is 0 Å². The molecular formula is C11H22N2O4S. The number of carbonyl (C=O) groups is 1. The number of nitrogens with one attached hydrogen (secondary N) is 1. The highest BCUT2D eigenvalue weighted by atomic mass is 32.2. The van der Waals surface area contributed by atoms with Gasteiger partial charge in [0.2, 0.25) is 5.91 Å². The topological polar surface area (TPSA) is 75.7 Å². The van der Waals surface area contributed by atoms with Gasteiger partial charge in [-0.2, -0.15) is 0 Å². The van der Waals surface area contributed by atoms with Gasteiger partial charge in [0.05, 0.1) is 24.2 Å². The third-order valence-electron chi connectivity index (χ3n) is 3.43. The number of sulfone groups is 1. The van der Waals surface area contributed by atoms with Crippen molar-refractivity contribution in [3.8, 4) is 0 Å². The van der Waals surface area contributed by atoms with Gasteiger partial charge in [-0.25, -0.2) is 8.42 Å². The van der Waals surface area contributed by atoms with E-state index < -0.39 is 15.1 Å². The van der Waals surface area contributed by atoms with Crippen LogP contribution in [0.2, 0.25) is 0 Å². The Morgan fingerprint density at radius 1 is 1.44 bits per heavy atom. The predicted molar refractivity (Wildman–Crippen MR) is 69.2 cm³/mol. The van der Waals surface area contributed by atoms with Gasteiger partial charge in [0.1, 0.15) is 0 Å². The Kier molecular flexibility index (Phi) is 5.55. The molecule has 0 spiro atoms. The number of ether oxygens (including phenoxy) is 1. The van der Waals surface area contributed by atoms with Gasteiger partial charge >= 0.3 is 0 Å². The van der Waals surface area contributed by atoms with Crippen LogP contribution in [0.1, 0.15) is 13.8 Å². The summed E-state index contributed by atoms with van der Waals surface area (Å²) in [6, 6.07) is -0.263. The second-order valence-electron chi connectivity index (χ2n) is 4.57. The molecule has 1 aliphatic heterocycles. The minimum absolute atomic E-state index is 0.0552. The van der Waals surface area contributed by atoms with Crippen LogP contribution in [-0.2, 0) is 19.4 Å². The van der Waals surface area contributed by atoms with E-state index in [1.54, 1.807) is 25.9 Å². The molecule has 0 saturated carbocycles. The zero-order valence-corrected chi connectivity index (χ0v) is 12.0. The monoisotopic (exact) mass is 278 g/mol. The molecule has 6 nitrogen and oxygen atoms in total. The van der Waals surface area contributed by atoms with Crippen LogP contribution in [0, 0.1) is 0 Å². The van der Waals surface area contributed by atoms with Crippen LogP contribution in [-0.4, -0.2) is 69.6 Å². The summed E-state index contributed by atoms with van der Waals surface area (Å²) >= 11 is 0. The summed E-state index contributed by atoms with van der Waals surface area (Å²) in [5, 5.41) is 2.48. The molecule has 0 aliphatic carbocycles. The van der Waals surface area contributed by atoms with E-state index in [1.807, 2.05) is 0 Å². The average molecular weight is 278 g/mol. The lowest BCUT2D eigenvalue weighted by Crippen LogP contribution is -2.56. The summed E-state index contributed by atoms with van der Waals surface area (Å²) in [7, 11) is -1.44. The Morgan fingerprint density at radius 2 is 2.11 bits per heavy atom. The van der Waals surface area contributed by atoms with Crippen molar-refractivity contribution in [3.63, 3.8) is 0 Å². The largest absolute Gasteiger partial charge is 0.383 e. The van der Waals surface area contributed by atoms with Crippen LogP contribution >= 0.6 is 0 Å². The van der Waals surface area contributed by atoms with Gasteiger partial charge in [0.25, 0.3) is 0 Å². The second-order valence-corrected chi connectivity index (χ2v) is 7.05. The van der Waals surface area contributed by atoms with Gasteiger partial charge in [-0.1, -0.05) is 0 Å². The molecule has 1 saturated heterocycles. The van der Waals surface area contributed by atoms with E-state index in [2.05, 4.69) is 5.32 Å². The molecule has 1 amide bonds. The minimum atomic E-state index is -3.04. The van der Waals surface area contributed by atoms with Crippen molar-refractivity contribution in [3.05, 3.63) is 0 Å².